The summed E-state index contributed by atoms with van der Waals surface area (Å²) in [5.41, 5.74) is 0.0618. The Hall–Kier alpha value is -1.58. The van der Waals surface area contributed by atoms with Crippen LogP contribution in [0.3, 0.4) is 0 Å². The summed E-state index contributed by atoms with van der Waals surface area (Å²) in [6.45, 7) is 3.49. The molecule has 1 N–H and O–H groups in total. The molecule has 1 fully saturated rings. The number of hydrogen-bond acceptors (Lipinski definition) is 2. The van der Waals surface area contributed by atoms with E-state index in [1.165, 1.54) is 6.07 Å². The van der Waals surface area contributed by atoms with E-state index in [0.717, 1.165) is 31.4 Å². The van der Waals surface area contributed by atoms with E-state index < -0.39 is 5.82 Å². The zero-order valence-corrected chi connectivity index (χ0v) is 10.5. The molecule has 1 aromatic rings. The van der Waals surface area contributed by atoms with Crippen molar-refractivity contribution in [3.8, 4) is 5.75 Å². The van der Waals surface area contributed by atoms with Gasteiger partial charge in [0, 0.05) is 13.1 Å². The summed E-state index contributed by atoms with van der Waals surface area (Å²) in [5, 5.41) is 9.64. The van der Waals surface area contributed by atoms with Gasteiger partial charge in [-0.05, 0) is 37.0 Å². The molecule has 1 aliphatic heterocycles. The minimum Gasteiger partial charge on any atom is -0.507 e. The highest BCUT2D eigenvalue weighted by molar-refractivity contribution is 5.96. The third kappa shape index (κ3) is 2.63. The Labute approximate surface area is 106 Å². The van der Waals surface area contributed by atoms with Gasteiger partial charge in [-0.2, -0.15) is 0 Å². The van der Waals surface area contributed by atoms with Crippen molar-refractivity contribution in [3.05, 3.63) is 29.6 Å². The maximum Gasteiger partial charge on any atom is 0.257 e. The highest BCUT2D eigenvalue weighted by Gasteiger charge is 2.25. The summed E-state index contributed by atoms with van der Waals surface area (Å²) in [5.74, 6) is -0.413. The van der Waals surface area contributed by atoms with E-state index >= 15 is 0 Å². The van der Waals surface area contributed by atoms with Gasteiger partial charge in [0.2, 0.25) is 0 Å². The Morgan fingerprint density at radius 3 is 3.06 bits per heavy atom. The first-order chi connectivity index (χ1) is 8.61. The number of aromatic hydroxyl groups is 1. The van der Waals surface area contributed by atoms with Gasteiger partial charge in [-0.1, -0.05) is 13.3 Å². The topological polar surface area (TPSA) is 40.5 Å². The molecule has 0 spiro atoms. The van der Waals surface area contributed by atoms with Gasteiger partial charge in [0.05, 0.1) is 5.56 Å². The van der Waals surface area contributed by atoms with E-state index in [1.54, 1.807) is 4.90 Å². The van der Waals surface area contributed by atoms with Crippen LogP contribution in [0.5, 0.6) is 5.75 Å². The van der Waals surface area contributed by atoms with E-state index in [-0.39, 0.29) is 17.2 Å². The smallest absolute Gasteiger partial charge is 0.257 e. The SMILES string of the molecule is CCC1CCCN(C(=O)c2cc(F)ccc2O)C1. The molecular formula is C14H18FNO2. The number of likely N-dealkylation sites (tertiary alicyclic amines) is 1. The van der Waals surface area contributed by atoms with Crippen molar-refractivity contribution in [3.63, 3.8) is 0 Å². The summed E-state index contributed by atoms with van der Waals surface area (Å²) in [6, 6.07) is 3.48. The van der Waals surface area contributed by atoms with Crippen LogP contribution in [0.2, 0.25) is 0 Å². The summed E-state index contributed by atoms with van der Waals surface area (Å²) < 4.78 is 13.1. The lowest BCUT2D eigenvalue weighted by Gasteiger charge is -2.32. The fraction of sp³-hybridized carbons (Fsp3) is 0.500. The van der Waals surface area contributed by atoms with Crippen molar-refractivity contribution in [2.24, 2.45) is 5.92 Å². The van der Waals surface area contributed by atoms with Crippen molar-refractivity contribution >= 4 is 5.91 Å². The molecule has 0 aliphatic carbocycles. The predicted molar refractivity (Wildman–Crippen MR) is 67.0 cm³/mol. The third-order valence-corrected chi connectivity index (χ3v) is 3.57. The van der Waals surface area contributed by atoms with Crippen LogP contribution in [0.4, 0.5) is 4.39 Å². The van der Waals surface area contributed by atoms with E-state index in [1.807, 2.05) is 0 Å². The molecule has 1 heterocycles. The van der Waals surface area contributed by atoms with Crippen molar-refractivity contribution in [2.75, 3.05) is 13.1 Å². The average Bonchev–Trinajstić information content (AvgIpc) is 2.41. The van der Waals surface area contributed by atoms with Gasteiger partial charge >= 0.3 is 0 Å². The fourth-order valence-electron chi connectivity index (χ4n) is 2.43. The summed E-state index contributed by atoms with van der Waals surface area (Å²) in [6.07, 6.45) is 3.15. The van der Waals surface area contributed by atoms with Crippen LogP contribution in [0.1, 0.15) is 36.5 Å². The number of carbonyl (C=O) groups is 1. The summed E-state index contributed by atoms with van der Waals surface area (Å²) >= 11 is 0. The van der Waals surface area contributed by atoms with Crippen LogP contribution in [-0.4, -0.2) is 29.0 Å². The number of phenolic OH excluding ortho intramolecular Hbond substituents is 1. The number of piperidine rings is 1. The first-order valence-electron chi connectivity index (χ1n) is 6.39. The molecular weight excluding hydrogens is 233 g/mol. The second-order valence-electron chi connectivity index (χ2n) is 4.83. The number of halogens is 1. The molecule has 0 saturated carbocycles. The van der Waals surface area contributed by atoms with Crippen molar-refractivity contribution in [1.82, 2.24) is 4.90 Å². The average molecular weight is 251 g/mol. The first kappa shape index (κ1) is 12.9. The highest BCUT2D eigenvalue weighted by atomic mass is 19.1. The molecule has 98 valence electrons. The van der Waals surface area contributed by atoms with Crippen LogP contribution in [-0.2, 0) is 0 Å². The van der Waals surface area contributed by atoms with Gasteiger partial charge in [0.25, 0.3) is 5.91 Å². The lowest BCUT2D eigenvalue weighted by molar-refractivity contribution is 0.0667. The molecule has 0 radical (unpaired) electrons. The van der Waals surface area contributed by atoms with E-state index in [9.17, 15) is 14.3 Å². The maximum atomic E-state index is 13.1. The fourth-order valence-corrected chi connectivity index (χ4v) is 2.43. The van der Waals surface area contributed by atoms with Crippen molar-refractivity contribution in [1.29, 1.82) is 0 Å². The standard InChI is InChI=1S/C14H18FNO2/c1-2-10-4-3-7-16(9-10)14(18)12-8-11(15)5-6-13(12)17/h5-6,8,10,17H,2-4,7,9H2,1H3. The molecule has 3 nitrogen and oxygen atoms in total. The predicted octanol–water partition coefficient (Wildman–Crippen LogP) is 2.79. The number of amides is 1. The summed E-state index contributed by atoms with van der Waals surface area (Å²) in [4.78, 5) is 13.9. The first-order valence-corrected chi connectivity index (χ1v) is 6.39. The molecule has 1 aliphatic rings. The number of nitrogens with zero attached hydrogens (tertiary/aromatic N) is 1. The van der Waals surface area contributed by atoms with Crippen LogP contribution in [0.25, 0.3) is 0 Å². The Bertz CT molecular complexity index is 447. The zero-order valence-electron chi connectivity index (χ0n) is 10.5. The molecule has 18 heavy (non-hydrogen) atoms. The van der Waals surface area contributed by atoms with Gasteiger partial charge in [0.15, 0.2) is 0 Å². The van der Waals surface area contributed by atoms with E-state index in [4.69, 9.17) is 0 Å². The van der Waals surface area contributed by atoms with E-state index in [2.05, 4.69) is 6.92 Å². The molecule has 1 atom stereocenters. The normalized spacial score (nSPS) is 19.9. The van der Waals surface area contributed by atoms with Gasteiger partial charge in [0.1, 0.15) is 11.6 Å². The van der Waals surface area contributed by atoms with E-state index in [0.29, 0.717) is 19.0 Å². The number of carbonyl (C=O) groups excluding carboxylic acids is 1. The largest absolute Gasteiger partial charge is 0.507 e. The second-order valence-corrected chi connectivity index (χ2v) is 4.83. The van der Waals surface area contributed by atoms with Crippen LogP contribution < -0.4 is 0 Å². The molecule has 1 saturated heterocycles. The monoisotopic (exact) mass is 251 g/mol. The molecule has 4 heteroatoms. The van der Waals surface area contributed by atoms with Crippen molar-refractivity contribution in [2.45, 2.75) is 26.2 Å². The number of hydrogen-bond donors (Lipinski definition) is 1. The Morgan fingerprint density at radius 2 is 2.33 bits per heavy atom. The van der Waals surface area contributed by atoms with Gasteiger partial charge in [-0.3, -0.25) is 4.79 Å². The highest BCUT2D eigenvalue weighted by Crippen LogP contribution is 2.24. The number of rotatable bonds is 2. The van der Waals surface area contributed by atoms with Gasteiger partial charge < -0.3 is 10.0 Å². The van der Waals surface area contributed by atoms with Crippen LogP contribution in [0, 0.1) is 11.7 Å². The number of phenols is 1. The lowest BCUT2D eigenvalue weighted by Crippen LogP contribution is -2.39. The molecule has 1 aromatic carbocycles. The van der Waals surface area contributed by atoms with Crippen LogP contribution >= 0.6 is 0 Å². The molecule has 0 bridgehead atoms. The Balaban J connectivity index is 2.17. The third-order valence-electron chi connectivity index (χ3n) is 3.57. The maximum absolute atomic E-state index is 13.1. The minimum absolute atomic E-state index is 0.0618. The quantitative estimate of drug-likeness (QED) is 0.878. The summed E-state index contributed by atoms with van der Waals surface area (Å²) in [7, 11) is 0. The zero-order chi connectivity index (χ0) is 13.1. The number of benzene rings is 1. The van der Waals surface area contributed by atoms with Gasteiger partial charge in [-0.25, -0.2) is 4.39 Å². The van der Waals surface area contributed by atoms with Crippen molar-refractivity contribution < 1.29 is 14.3 Å². The minimum atomic E-state index is -0.500. The van der Waals surface area contributed by atoms with Crippen LogP contribution in [0.15, 0.2) is 18.2 Å². The molecule has 1 amide bonds. The Morgan fingerprint density at radius 1 is 1.56 bits per heavy atom. The molecule has 0 aromatic heterocycles. The second kappa shape index (κ2) is 5.38. The van der Waals surface area contributed by atoms with Gasteiger partial charge in [-0.15, -0.1) is 0 Å². The Kier molecular flexibility index (Phi) is 3.84. The lowest BCUT2D eigenvalue weighted by atomic mass is 9.95. The molecule has 1 unspecified atom stereocenters. The molecule has 2 rings (SSSR count).